The van der Waals surface area contributed by atoms with E-state index >= 15 is 0 Å². The summed E-state index contributed by atoms with van der Waals surface area (Å²) in [6.07, 6.45) is 1.72. The van der Waals surface area contributed by atoms with Crippen LogP contribution >= 0.6 is 11.6 Å². The van der Waals surface area contributed by atoms with Gasteiger partial charge in [0.25, 0.3) is 11.8 Å². The summed E-state index contributed by atoms with van der Waals surface area (Å²) < 4.78 is 0. The van der Waals surface area contributed by atoms with Crippen molar-refractivity contribution in [3.05, 3.63) is 46.7 Å². The van der Waals surface area contributed by atoms with Gasteiger partial charge in [-0.25, -0.2) is 9.97 Å². The summed E-state index contributed by atoms with van der Waals surface area (Å²) in [6, 6.07) is 5.46. The number of rotatable bonds is 6. The molecular formula is C19H17ClN6O4. The summed E-state index contributed by atoms with van der Waals surface area (Å²) in [6.45, 7) is 0.842. The molecule has 4 amide bonds. The lowest BCUT2D eigenvalue weighted by Gasteiger charge is -2.27. The van der Waals surface area contributed by atoms with E-state index in [1.165, 1.54) is 6.20 Å². The largest absolute Gasteiger partial charge is 0.383 e. The van der Waals surface area contributed by atoms with E-state index in [2.05, 4.69) is 25.9 Å². The average molecular weight is 429 g/mol. The minimum atomic E-state index is -0.996. The van der Waals surface area contributed by atoms with E-state index in [4.69, 9.17) is 11.6 Å². The highest BCUT2D eigenvalue weighted by Crippen LogP contribution is 2.32. The van der Waals surface area contributed by atoms with E-state index in [1.54, 1.807) is 24.3 Å². The molecule has 154 valence electrons. The van der Waals surface area contributed by atoms with E-state index in [9.17, 15) is 19.2 Å². The molecule has 0 bridgehead atoms. The first-order chi connectivity index (χ1) is 14.5. The van der Waals surface area contributed by atoms with Crippen LogP contribution in [0.1, 0.15) is 33.6 Å². The number of nitrogens with zero attached hydrogens (tertiary/aromatic N) is 3. The Morgan fingerprint density at radius 3 is 2.67 bits per heavy atom. The Kier molecular flexibility index (Phi) is 5.32. The number of benzene rings is 1. The molecule has 1 atom stereocenters. The molecule has 1 saturated heterocycles. The van der Waals surface area contributed by atoms with Gasteiger partial charge in [-0.15, -0.1) is 0 Å². The lowest BCUT2D eigenvalue weighted by atomic mass is 10.0. The molecule has 11 heteroatoms. The van der Waals surface area contributed by atoms with Gasteiger partial charge in [0.05, 0.1) is 11.1 Å². The number of halogens is 1. The molecule has 1 unspecified atom stereocenters. The highest BCUT2D eigenvalue weighted by Gasteiger charge is 2.45. The maximum atomic E-state index is 13.0. The molecule has 2 aromatic rings. The second-order valence-electron chi connectivity index (χ2n) is 6.73. The van der Waals surface area contributed by atoms with Gasteiger partial charge in [-0.1, -0.05) is 17.7 Å². The maximum Gasteiger partial charge on any atom is 0.264 e. The van der Waals surface area contributed by atoms with Gasteiger partial charge < -0.3 is 10.6 Å². The number of piperidine rings is 1. The second kappa shape index (κ2) is 8.07. The van der Waals surface area contributed by atoms with E-state index in [-0.39, 0.29) is 24.0 Å². The molecule has 0 aliphatic carbocycles. The number of hydrogen-bond donors (Lipinski definition) is 3. The lowest BCUT2D eigenvalue weighted by Crippen LogP contribution is -2.54. The van der Waals surface area contributed by atoms with E-state index < -0.39 is 29.7 Å². The van der Waals surface area contributed by atoms with Crippen LogP contribution in [0.4, 0.5) is 11.6 Å². The fourth-order valence-electron chi connectivity index (χ4n) is 3.46. The first kappa shape index (κ1) is 19.8. The van der Waals surface area contributed by atoms with Crippen LogP contribution in [0.2, 0.25) is 5.15 Å². The van der Waals surface area contributed by atoms with Crippen LogP contribution in [-0.4, -0.2) is 57.6 Å². The molecule has 0 spiro atoms. The van der Waals surface area contributed by atoms with Crippen LogP contribution < -0.4 is 16.0 Å². The smallest absolute Gasteiger partial charge is 0.264 e. The standard InChI is InChI=1S/C19H17ClN6O4/c20-13-6-7-22-19(24-13)23-9-8-21-11-3-1-2-10-15(11)18(30)26(17(10)29)12-4-5-14(27)25-16(12)28/h1-3,6-7,12,21H,4-5,8-9H2,(H,22,23,24)(H,25,27,28). The molecule has 2 aliphatic rings. The fraction of sp³-hybridized carbons (Fsp3) is 0.263. The topological polar surface area (TPSA) is 133 Å². The van der Waals surface area contributed by atoms with Crippen LogP contribution in [0.5, 0.6) is 0 Å². The molecule has 2 aliphatic heterocycles. The number of carbonyl (C=O) groups is 4. The second-order valence-corrected chi connectivity index (χ2v) is 7.12. The zero-order chi connectivity index (χ0) is 21.3. The Morgan fingerprint density at radius 2 is 1.90 bits per heavy atom. The molecule has 0 radical (unpaired) electrons. The number of hydrogen-bond acceptors (Lipinski definition) is 8. The Hall–Kier alpha value is -3.53. The highest BCUT2D eigenvalue weighted by atomic mass is 35.5. The van der Waals surface area contributed by atoms with Gasteiger partial charge in [0.2, 0.25) is 17.8 Å². The van der Waals surface area contributed by atoms with Crippen molar-refractivity contribution in [3.63, 3.8) is 0 Å². The Balaban J connectivity index is 1.46. The molecule has 0 saturated carbocycles. The van der Waals surface area contributed by atoms with Crippen molar-refractivity contribution in [2.24, 2.45) is 0 Å². The summed E-state index contributed by atoms with van der Waals surface area (Å²) in [5.74, 6) is -1.78. The van der Waals surface area contributed by atoms with Gasteiger partial charge in [-0.3, -0.25) is 29.4 Å². The lowest BCUT2D eigenvalue weighted by molar-refractivity contribution is -0.136. The summed E-state index contributed by atoms with van der Waals surface area (Å²) in [7, 11) is 0. The van der Waals surface area contributed by atoms with Crippen molar-refractivity contribution in [2.45, 2.75) is 18.9 Å². The third-order valence-corrected chi connectivity index (χ3v) is 5.02. The maximum absolute atomic E-state index is 13.0. The predicted octanol–water partition coefficient (Wildman–Crippen LogP) is 1.06. The highest BCUT2D eigenvalue weighted by molar-refractivity contribution is 6.29. The number of amides is 4. The molecule has 3 N–H and O–H groups in total. The van der Waals surface area contributed by atoms with Crippen molar-refractivity contribution in [2.75, 3.05) is 23.7 Å². The van der Waals surface area contributed by atoms with Crippen LogP contribution in [0.25, 0.3) is 0 Å². The molecule has 1 fully saturated rings. The van der Waals surface area contributed by atoms with Gasteiger partial charge in [-0.2, -0.15) is 0 Å². The Bertz CT molecular complexity index is 1060. The van der Waals surface area contributed by atoms with Crippen molar-refractivity contribution >= 4 is 46.9 Å². The average Bonchev–Trinajstić information content (AvgIpc) is 2.97. The molecule has 4 rings (SSSR count). The molecular weight excluding hydrogens is 412 g/mol. The van der Waals surface area contributed by atoms with Gasteiger partial charge in [0, 0.05) is 31.4 Å². The number of fused-ring (bicyclic) bond motifs is 1. The monoisotopic (exact) mass is 428 g/mol. The predicted molar refractivity (Wildman–Crippen MR) is 107 cm³/mol. The quantitative estimate of drug-likeness (QED) is 0.353. The first-order valence-electron chi connectivity index (χ1n) is 9.26. The molecule has 1 aromatic heterocycles. The number of carbonyl (C=O) groups excluding carboxylic acids is 4. The van der Waals surface area contributed by atoms with Crippen molar-refractivity contribution in [3.8, 4) is 0 Å². The van der Waals surface area contributed by atoms with Crippen LogP contribution in [-0.2, 0) is 9.59 Å². The van der Waals surface area contributed by atoms with Gasteiger partial charge >= 0.3 is 0 Å². The van der Waals surface area contributed by atoms with Gasteiger partial charge in [0.15, 0.2) is 0 Å². The molecule has 3 heterocycles. The molecule has 1 aromatic carbocycles. The number of aromatic nitrogens is 2. The Labute approximate surface area is 176 Å². The van der Waals surface area contributed by atoms with E-state index in [1.807, 2.05) is 0 Å². The van der Waals surface area contributed by atoms with Crippen LogP contribution in [0.15, 0.2) is 30.5 Å². The Morgan fingerprint density at radius 1 is 1.10 bits per heavy atom. The van der Waals surface area contributed by atoms with E-state index in [0.717, 1.165) is 4.90 Å². The zero-order valence-corrected chi connectivity index (χ0v) is 16.4. The minimum absolute atomic E-state index is 0.0756. The van der Waals surface area contributed by atoms with Crippen LogP contribution in [0.3, 0.4) is 0 Å². The van der Waals surface area contributed by atoms with Crippen molar-refractivity contribution in [1.29, 1.82) is 0 Å². The minimum Gasteiger partial charge on any atom is -0.383 e. The van der Waals surface area contributed by atoms with Gasteiger partial charge in [0.1, 0.15) is 11.2 Å². The number of nitrogens with one attached hydrogen (secondary N) is 3. The number of anilines is 2. The normalized spacial score (nSPS) is 18.3. The fourth-order valence-corrected chi connectivity index (χ4v) is 3.59. The third kappa shape index (κ3) is 3.69. The summed E-state index contributed by atoms with van der Waals surface area (Å²) in [5.41, 5.74) is 0.918. The summed E-state index contributed by atoms with van der Waals surface area (Å²) in [4.78, 5) is 58.3. The number of imide groups is 2. The molecule has 30 heavy (non-hydrogen) atoms. The zero-order valence-electron chi connectivity index (χ0n) is 15.6. The SMILES string of the molecule is O=C1CCC(N2C(=O)c3cccc(NCCNc4nccc(Cl)n4)c3C2=O)C(=O)N1. The third-order valence-electron chi connectivity index (χ3n) is 4.81. The first-order valence-corrected chi connectivity index (χ1v) is 9.64. The molecule has 10 nitrogen and oxygen atoms in total. The van der Waals surface area contributed by atoms with Crippen molar-refractivity contribution < 1.29 is 19.2 Å². The summed E-state index contributed by atoms with van der Waals surface area (Å²) in [5, 5.41) is 8.61. The van der Waals surface area contributed by atoms with Crippen LogP contribution in [0, 0.1) is 0 Å². The summed E-state index contributed by atoms with van der Waals surface area (Å²) >= 11 is 5.82. The van der Waals surface area contributed by atoms with Gasteiger partial charge in [-0.05, 0) is 24.6 Å². The van der Waals surface area contributed by atoms with Crippen molar-refractivity contribution in [1.82, 2.24) is 20.2 Å². The van der Waals surface area contributed by atoms with E-state index in [0.29, 0.717) is 29.9 Å².